The van der Waals surface area contributed by atoms with E-state index in [0.717, 1.165) is 11.1 Å². The average Bonchev–Trinajstić information content (AvgIpc) is 2.33. The SMILES string of the molecule is Cc1c(N)ncnc1NCc1ccc(F)cc1. The molecule has 2 rings (SSSR count). The predicted octanol–water partition coefficient (Wildman–Crippen LogP) is 2.12. The minimum Gasteiger partial charge on any atom is -0.383 e. The Labute approximate surface area is 98.7 Å². The van der Waals surface area contributed by atoms with E-state index in [1.54, 1.807) is 12.1 Å². The van der Waals surface area contributed by atoms with Gasteiger partial charge in [-0.2, -0.15) is 0 Å². The van der Waals surface area contributed by atoms with Gasteiger partial charge in [0.25, 0.3) is 0 Å². The van der Waals surface area contributed by atoms with Crippen LogP contribution in [0.3, 0.4) is 0 Å². The van der Waals surface area contributed by atoms with Crippen molar-refractivity contribution in [1.82, 2.24) is 9.97 Å². The van der Waals surface area contributed by atoms with Gasteiger partial charge in [0, 0.05) is 12.1 Å². The molecule has 0 atom stereocenters. The molecule has 0 bridgehead atoms. The smallest absolute Gasteiger partial charge is 0.134 e. The second-order valence-corrected chi connectivity index (χ2v) is 3.71. The zero-order valence-corrected chi connectivity index (χ0v) is 9.44. The topological polar surface area (TPSA) is 63.8 Å². The third kappa shape index (κ3) is 2.69. The molecule has 0 unspecified atom stereocenters. The number of rotatable bonds is 3. The Kier molecular flexibility index (Phi) is 3.18. The number of anilines is 2. The van der Waals surface area contributed by atoms with E-state index in [1.807, 2.05) is 6.92 Å². The van der Waals surface area contributed by atoms with E-state index in [9.17, 15) is 4.39 Å². The number of hydrogen-bond acceptors (Lipinski definition) is 4. The van der Waals surface area contributed by atoms with E-state index in [0.29, 0.717) is 18.2 Å². The van der Waals surface area contributed by atoms with Crippen LogP contribution in [0.4, 0.5) is 16.0 Å². The fourth-order valence-corrected chi connectivity index (χ4v) is 1.43. The lowest BCUT2D eigenvalue weighted by Crippen LogP contribution is -2.06. The Hall–Kier alpha value is -2.17. The van der Waals surface area contributed by atoms with Gasteiger partial charge in [-0.1, -0.05) is 12.1 Å². The Balaban J connectivity index is 2.07. The van der Waals surface area contributed by atoms with E-state index < -0.39 is 0 Å². The molecule has 0 saturated heterocycles. The van der Waals surface area contributed by atoms with Gasteiger partial charge < -0.3 is 11.1 Å². The molecule has 17 heavy (non-hydrogen) atoms. The quantitative estimate of drug-likeness (QED) is 0.850. The summed E-state index contributed by atoms with van der Waals surface area (Å²) >= 11 is 0. The fraction of sp³-hybridized carbons (Fsp3) is 0.167. The second-order valence-electron chi connectivity index (χ2n) is 3.71. The summed E-state index contributed by atoms with van der Waals surface area (Å²) < 4.78 is 12.7. The molecule has 5 heteroatoms. The lowest BCUT2D eigenvalue weighted by molar-refractivity contribution is 0.627. The van der Waals surface area contributed by atoms with Crippen LogP contribution in [0, 0.1) is 12.7 Å². The molecule has 4 nitrogen and oxygen atoms in total. The second kappa shape index (κ2) is 4.78. The first-order chi connectivity index (χ1) is 8.16. The maximum absolute atomic E-state index is 12.7. The fourth-order valence-electron chi connectivity index (χ4n) is 1.43. The molecule has 2 aromatic rings. The summed E-state index contributed by atoms with van der Waals surface area (Å²) in [6.45, 7) is 2.42. The van der Waals surface area contributed by atoms with Crippen LogP contribution in [0.1, 0.15) is 11.1 Å². The van der Waals surface area contributed by atoms with E-state index in [4.69, 9.17) is 5.73 Å². The third-order valence-corrected chi connectivity index (χ3v) is 2.50. The molecule has 0 radical (unpaired) electrons. The number of aromatic nitrogens is 2. The van der Waals surface area contributed by atoms with Crippen LogP contribution in [-0.2, 0) is 6.54 Å². The van der Waals surface area contributed by atoms with E-state index in [2.05, 4.69) is 15.3 Å². The maximum atomic E-state index is 12.7. The zero-order chi connectivity index (χ0) is 12.3. The Morgan fingerprint density at radius 2 is 1.94 bits per heavy atom. The largest absolute Gasteiger partial charge is 0.383 e. The van der Waals surface area contributed by atoms with Gasteiger partial charge in [-0.25, -0.2) is 14.4 Å². The molecule has 3 N–H and O–H groups in total. The summed E-state index contributed by atoms with van der Waals surface area (Å²) in [5, 5.41) is 3.14. The lowest BCUT2D eigenvalue weighted by Gasteiger charge is -2.09. The highest BCUT2D eigenvalue weighted by molar-refractivity contribution is 5.53. The summed E-state index contributed by atoms with van der Waals surface area (Å²) in [5.41, 5.74) is 7.46. The van der Waals surface area contributed by atoms with Crippen molar-refractivity contribution >= 4 is 11.6 Å². The highest BCUT2D eigenvalue weighted by Crippen LogP contribution is 2.15. The van der Waals surface area contributed by atoms with Gasteiger partial charge >= 0.3 is 0 Å². The molecule has 1 heterocycles. The van der Waals surface area contributed by atoms with Crippen LogP contribution in [0.15, 0.2) is 30.6 Å². The van der Waals surface area contributed by atoms with Crippen molar-refractivity contribution in [2.45, 2.75) is 13.5 Å². The normalized spacial score (nSPS) is 10.2. The van der Waals surface area contributed by atoms with Crippen molar-refractivity contribution in [3.05, 3.63) is 47.5 Å². The Morgan fingerprint density at radius 3 is 2.65 bits per heavy atom. The Bertz CT molecular complexity index is 510. The van der Waals surface area contributed by atoms with Crippen molar-refractivity contribution in [2.24, 2.45) is 0 Å². The van der Waals surface area contributed by atoms with Crippen LogP contribution in [0.5, 0.6) is 0 Å². The van der Waals surface area contributed by atoms with Gasteiger partial charge in [-0.3, -0.25) is 0 Å². The summed E-state index contributed by atoms with van der Waals surface area (Å²) in [6.07, 6.45) is 1.41. The van der Waals surface area contributed by atoms with Crippen LogP contribution < -0.4 is 11.1 Å². The highest BCUT2D eigenvalue weighted by Gasteiger charge is 2.03. The number of benzene rings is 1. The average molecular weight is 232 g/mol. The van der Waals surface area contributed by atoms with Crippen molar-refractivity contribution in [3.63, 3.8) is 0 Å². The van der Waals surface area contributed by atoms with Crippen molar-refractivity contribution in [2.75, 3.05) is 11.1 Å². The van der Waals surface area contributed by atoms with Crippen molar-refractivity contribution in [3.8, 4) is 0 Å². The van der Waals surface area contributed by atoms with Gasteiger partial charge in [-0.05, 0) is 24.6 Å². The molecule has 0 amide bonds. The third-order valence-electron chi connectivity index (χ3n) is 2.50. The monoisotopic (exact) mass is 232 g/mol. The molecule has 1 aromatic heterocycles. The number of nitrogens with one attached hydrogen (secondary N) is 1. The molecule has 0 saturated carbocycles. The number of nitrogen functional groups attached to an aromatic ring is 1. The van der Waals surface area contributed by atoms with Crippen molar-refractivity contribution < 1.29 is 4.39 Å². The number of nitrogens with two attached hydrogens (primary N) is 1. The number of hydrogen-bond donors (Lipinski definition) is 2. The molecule has 0 aliphatic rings. The molecular weight excluding hydrogens is 219 g/mol. The van der Waals surface area contributed by atoms with E-state index in [1.165, 1.54) is 18.5 Å². The molecule has 0 aliphatic carbocycles. The van der Waals surface area contributed by atoms with E-state index >= 15 is 0 Å². The van der Waals surface area contributed by atoms with E-state index in [-0.39, 0.29) is 5.82 Å². The molecule has 0 aliphatic heterocycles. The number of nitrogens with zero attached hydrogens (tertiary/aromatic N) is 2. The summed E-state index contributed by atoms with van der Waals surface area (Å²) in [4.78, 5) is 7.98. The molecular formula is C12H13FN4. The van der Waals surface area contributed by atoms with Gasteiger partial charge in [-0.15, -0.1) is 0 Å². The molecule has 1 aromatic carbocycles. The van der Waals surface area contributed by atoms with Crippen LogP contribution in [0.25, 0.3) is 0 Å². The summed E-state index contributed by atoms with van der Waals surface area (Å²) in [5.74, 6) is 0.916. The summed E-state index contributed by atoms with van der Waals surface area (Å²) in [7, 11) is 0. The first kappa shape index (κ1) is 11.3. The first-order valence-electron chi connectivity index (χ1n) is 5.22. The molecule has 88 valence electrons. The Morgan fingerprint density at radius 1 is 1.24 bits per heavy atom. The lowest BCUT2D eigenvalue weighted by atomic mass is 10.2. The van der Waals surface area contributed by atoms with Gasteiger partial charge in [0.2, 0.25) is 0 Å². The summed E-state index contributed by atoms with van der Waals surface area (Å²) in [6, 6.07) is 6.31. The molecule has 0 fully saturated rings. The standard InChI is InChI=1S/C12H13FN4/c1-8-11(14)16-7-17-12(8)15-6-9-2-4-10(13)5-3-9/h2-5,7H,6H2,1H3,(H3,14,15,16,17). The van der Waals surface area contributed by atoms with Crippen LogP contribution in [-0.4, -0.2) is 9.97 Å². The zero-order valence-electron chi connectivity index (χ0n) is 9.44. The van der Waals surface area contributed by atoms with Gasteiger partial charge in [0.1, 0.15) is 23.8 Å². The first-order valence-corrected chi connectivity index (χ1v) is 5.22. The maximum Gasteiger partial charge on any atom is 0.134 e. The van der Waals surface area contributed by atoms with Crippen LogP contribution >= 0.6 is 0 Å². The van der Waals surface area contributed by atoms with Crippen LogP contribution in [0.2, 0.25) is 0 Å². The minimum absolute atomic E-state index is 0.240. The van der Waals surface area contributed by atoms with Crippen molar-refractivity contribution in [1.29, 1.82) is 0 Å². The molecule has 0 spiro atoms. The highest BCUT2D eigenvalue weighted by atomic mass is 19.1. The van der Waals surface area contributed by atoms with Gasteiger partial charge in [0.05, 0.1) is 0 Å². The minimum atomic E-state index is -0.240. The number of halogens is 1. The predicted molar refractivity (Wildman–Crippen MR) is 64.9 cm³/mol. The van der Waals surface area contributed by atoms with Gasteiger partial charge in [0.15, 0.2) is 0 Å².